The molecule has 2 aromatic rings. The van der Waals surface area contributed by atoms with Crippen LogP contribution in [0.1, 0.15) is 38.8 Å². The maximum absolute atomic E-state index is 11.9. The summed E-state index contributed by atoms with van der Waals surface area (Å²) in [6.07, 6.45) is 1.39. The van der Waals surface area contributed by atoms with Crippen molar-refractivity contribution in [3.8, 4) is 0 Å². The van der Waals surface area contributed by atoms with Crippen molar-refractivity contribution < 1.29 is 4.79 Å². The Balaban J connectivity index is 2.63. The maximum Gasteiger partial charge on any atom is 0.224 e. The Hall–Kier alpha value is -2.47. The highest BCUT2D eigenvalue weighted by molar-refractivity contribution is 6.30. The summed E-state index contributed by atoms with van der Waals surface area (Å²) in [5, 5.41) is 12.5. The number of carbonyl (C=O) groups is 1. The van der Waals surface area contributed by atoms with Crippen LogP contribution in [0.4, 0.5) is 11.6 Å². The van der Waals surface area contributed by atoms with Gasteiger partial charge in [0, 0.05) is 30.1 Å². The summed E-state index contributed by atoms with van der Waals surface area (Å²) >= 11 is 5.94. The quantitative estimate of drug-likeness (QED) is 0.815. The largest absolute Gasteiger partial charge is 0.365 e. The van der Waals surface area contributed by atoms with Gasteiger partial charge in [-0.1, -0.05) is 23.7 Å². The molecule has 1 amide bonds. The van der Waals surface area contributed by atoms with Crippen LogP contribution in [-0.4, -0.2) is 34.2 Å². The number of hydrogen-bond acceptors (Lipinski definition) is 5. The van der Waals surface area contributed by atoms with Gasteiger partial charge in [-0.05, 0) is 32.9 Å². The molecule has 7 heteroatoms. The fourth-order valence-corrected chi connectivity index (χ4v) is 2.35. The van der Waals surface area contributed by atoms with Gasteiger partial charge in [-0.2, -0.15) is 0 Å². The van der Waals surface area contributed by atoms with Gasteiger partial charge in [-0.25, -0.2) is 9.97 Å². The van der Waals surface area contributed by atoms with Crippen LogP contribution in [0.15, 0.2) is 30.6 Å². The van der Waals surface area contributed by atoms with Crippen molar-refractivity contribution in [3.63, 3.8) is 0 Å². The topological polar surface area (TPSA) is 82.0 Å². The smallest absolute Gasteiger partial charge is 0.224 e. The molecule has 0 aliphatic carbocycles. The predicted molar refractivity (Wildman–Crippen MR) is 102 cm³/mol. The molecule has 25 heavy (non-hydrogen) atoms. The number of carbonyl (C=O) groups excluding carboxylic acids is 1. The fraction of sp³-hybridized carbons (Fsp3) is 0.333. The number of hydrogen-bond donors (Lipinski definition) is 2. The summed E-state index contributed by atoms with van der Waals surface area (Å²) in [5.74, 6) is 0.713. The van der Waals surface area contributed by atoms with Crippen molar-refractivity contribution in [2.45, 2.75) is 33.2 Å². The number of aromatic nitrogens is 2. The van der Waals surface area contributed by atoms with Crippen molar-refractivity contribution in [2.24, 2.45) is 0 Å². The van der Waals surface area contributed by atoms with Crippen LogP contribution in [0.5, 0.6) is 0 Å². The van der Waals surface area contributed by atoms with Crippen molar-refractivity contribution in [1.29, 1.82) is 5.41 Å². The van der Waals surface area contributed by atoms with E-state index in [1.54, 1.807) is 31.3 Å². The highest BCUT2D eigenvalue weighted by Crippen LogP contribution is 2.28. The molecule has 2 rings (SSSR count). The molecular formula is C18H22ClN5O. The van der Waals surface area contributed by atoms with E-state index < -0.39 is 0 Å². The highest BCUT2D eigenvalue weighted by atomic mass is 35.5. The second kappa shape index (κ2) is 7.19. The Morgan fingerprint density at radius 3 is 2.32 bits per heavy atom. The molecule has 1 aromatic heterocycles. The van der Waals surface area contributed by atoms with Crippen LogP contribution in [0.3, 0.4) is 0 Å². The molecule has 0 fully saturated rings. The average molecular weight is 360 g/mol. The number of rotatable bonds is 4. The highest BCUT2D eigenvalue weighted by Gasteiger charge is 2.24. The summed E-state index contributed by atoms with van der Waals surface area (Å²) in [6.45, 7) is 7.45. The van der Waals surface area contributed by atoms with Crippen LogP contribution < -0.4 is 10.2 Å². The molecule has 0 aliphatic rings. The number of halogens is 1. The van der Waals surface area contributed by atoms with Gasteiger partial charge in [0.05, 0.1) is 11.3 Å². The fourth-order valence-electron chi connectivity index (χ4n) is 2.22. The monoisotopic (exact) mass is 359 g/mol. The molecule has 0 saturated carbocycles. The second-order valence-electron chi connectivity index (χ2n) is 6.76. The number of benzene rings is 1. The third-order valence-electron chi connectivity index (χ3n) is 3.49. The third kappa shape index (κ3) is 4.54. The second-order valence-corrected chi connectivity index (χ2v) is 7.19. The Morgan fingerprint density at radius 1 is 1.20 bits per heavy atom. The first-order valence-corrected chi connectivity index (χ1v) is 8.20. The van der Waals surface area contributed by atoms with Gasteiger partial charge in [0.2, 0.25) is 5.91 Å². The van der Waals surface area contributed by atoms with Gasteiger partial charge in [-0.3, -0.25) is 15.1 Å². The normalized spacial score (nSPS) is 11.1. The van der Waals surface area contributed by atoms with Crippen molar-refractivity contribution >= 4 is 34.9 Å². The Bertz CT molecular complexity index is 796. The lowest BCUT2D eigenvalue weighted by Gasteiger charge is -2.26. The number of anilines is 2. The first-order chi connectivity index (χ1) is 11.6. The Morgan fingerprint density at radius 2 is 1.80 bits per heavy atom. The summed E-state index contributed by atoms with van der Waals surface area (Å²) < 4.78 is 0. The van der Waals surface area contributed by atoms with Crippen LogP contribution in [0.25, 0.3) is 0 Å². The molecule has 0 bridgehead atoms. The molecule has 1 aromatic carbocycles. The van der Waals surface area contributed by atoms with Crippen LogP contribution in [-0.2, 0) is 4.79 Å². The average Bonchev–Trinajstić information content (AvgIpc) is 2.52. The zero-order valence-electron chi connectivity index (χ0n) is 15.0. The molecule has 6 nitrogen and oxygen atoms in total. The third-order valence-corrected chi connectivity index (χ3v) is 3.75. The first kappa shape index (κ1) is 18.9. The van der Waals surface area contributed by atoms with E-state index in [2.05, 4.69) is 15.3 Å². The molecule has 1 heterocycles. The van der Waals surface area contributed by atoms with Crippen LogP contribution in [0.2, 0.25) is 5.02 Å². The van der Waals surface area contributed by atoms with E-state index in [9.17, 15) is 4.79 Å². The van der Waals surface area contributed by atoms with E-state index in [4.69, 9.17) is 17.0 Å². The van der Waals surface area contributed by atoms with Crippen molar-refractivity contribution in [2.75, 3.05) is 17.3 Å². The van der Waals surface area contributed by atoms with Gasteiger partial charge in [-0.15, -0.1) is 0 Å². The van der Waals surface area contributed by atoms with E-state index >= 15 is 0 Å². The summed E-state index contributed by atoms with van der Waals surface area (Å²) in [5.41, 5.74) is 1.08. The minimum atomic E-state index is -0.268. The van der Waals surface area contributed by atoms with E-state index in [-0.39, 0.29) is 17.2 Å². The van der Waals surface area contributed by atoms with Crippen LogP contribution in [0, 0.1) is 5.41 Å². The van der Waals surface area contributed by atoms with E-state index in [0.717, 1.165) is 0 Å². The number of nitrogens with zero attached hydrogens (tertiary/aromatic N) is 3. The summed E-state index contributed by atoms with van der Waals surface area (Å²) in [6, 6.07) is 6.97. The zero-order valence-corrected chi connectivity index (χ0v) is 15.8. The zero-order chi connectivity index (χ0) is 18.8. The van der Waals surface area contributed by atoms with Gasteiger partial charge in [0.15, 0.2) is 0 Å². The van der Waals surface area contributed by atoms with Crippen molar-refractivity contribution in [1.82, 2.24) is 9.97 Å². The number of amides is 1. The maximum atomic E-state index is 11.9. The lowest BCUT2D eigenvalue weighted by atomic mass is 10.0. The first-order valence-electron chi connectivity index (χ1n) is 7.82. The predicted octanol–water partition coefficient (Wildman–Crippen LogP) is 3.74. The molecular weight excluding hydrogens is 338 g/mol. The van der Waals surface area contributed by atoms with Gasteiger partial charge >= 0.3 is 0 Å². The number of nitrogens with one attached hydrogen (secondary N) is 2. The molecule has 0 radical (unpaired) electrons. The molecule has 132 valence electrons. The van der Waals surface area contributed by atoms with Crippen LogP contribution >= 0.6 is 11.6 Å². The molecule has 0 atom stereocenters. The van der Waals surface area contributed by atoms with Gasteiger partial charge in [0.25, 0.3) is 0 Å². The van der Waals surface area contributed by atoms with Gasteiger partial charge in [0.1, 0.15) is 18.0 Å². The summed E-state index contributed by atoms with van der Waals surface area (Å²) in [4.78, 5) is 21.8. The molecule has 0 spiro atoms. The Kier molecular flexibility index (Phi) is 5.42. The molecule has 2 N–H and O–H groups in total. The SMILES string of the molecule is CC(=O)N(C)c1ncnc(NC(C)(C)C)c1C(=N)c1ccc(Cl)cc1. The van der Waals surface area contributed by atoms with Gasteiger partial charge < -0.3 is 5.32 Å². The minimum absolute atomic E-state index is 0.175. The molecule has 0 aliphatic heterocycles. The molecule has 0 unspecified atom stereocenters. The standard InChI is InChI=1S/C18H22ClN5O/c1-11(25)24(5)17-14(15(20)12-6-8-13(19)9-7-12)16(21-10-22-17)23-18(2,3)4/h6-10,20H,1-5H3,(H,21,22,23). The van der Waals surface area contributed by atoms with E-state index in [1.165, 1.54) is 18.2 Å². The molecule has 0 saturated heterocycles. The lowest BCUT2D eigenvalue weighted by Crippen LogP contribution is -2.31. The van der Waals surface area contributed by atoms with E-state index in [0.29, 0.717) is 27.8 Å². The lowest BCUT2D eigenvalue weighted by molar-refractivity contribution is -0.116. The van der Waals surface area contributed by atoms with Crippen molar-refractivity contribution in [3.05, 3.63) is 46.7 Å². The van der Waals surface area contributed by atoms with E-state index in [1.807, 2.05) is 20.8 Å². The minimum Gasteiger partial charge on any atom is -0.365 e. The Labute approximate surface area is 152 Å². The summed E-state index contributed by atoms with van der Waals surface area (Å²) in [7, 11) is 1.63.